The predicted molar refractivity (Wildman–Crippen MR) is 48.4 cm³/mol. The molecule has 0 aromatic heterocycles. The molecule has 14 heavy (non-hydrogen) atoms. The smallest absolute Gasteiger partial charge is 0.307 e. The Balaban J connectivity index is 2.68. The maximum Gasteiger partial charge on any atom is 0.307 e. The van der Waals surface area contributed by atoms with Gasteiger partial charge in [-0.25, -0.2) is 10.1 Å². The van der Waals surface area contributed by atoms with Crippen molar-refractivity contribution in [3.8, 4) is 0 Å². The van der Waals surface area contributed by atoms with E-state index in [0.717, 1.165) is 0 Å². The summed E-state index contributed by atoms with van der Waals surface area (Å²) in [6, 6.07) is 5.97. The van der Waals surface area contributed by atoms with Gasteiger partial charge in [0, 0.05) is 0 Å². The maximum atomic E-state index is 10.3. The van der Waals surface area contributed by atoms with Gasteiger partial charge in [0.25, 0.3) is 0 Å². The van der Waals surface area contributed by atoms with E-state index in [1.54, 1.807) is 0 Å². The van der Waals surface area contributed by atoms with Crippen molar-refractivity contribution < 1.29 is 14.9 Å². The summed E-state index contributed by atoms with van der Waals surface area (Å²) in [6.07, 6.45) is -0.0846. The molecule has 0 saturated carbocycles. The lowest BCUT2D eigenvalue weighted by atomic mass is 10.1. The first kappa shape index (κ1) is 9.97. The second-order valence-electron chi connectivity index (χ2n) is 2.64. The van der Waals surface area contributed by atoms with Crippen molar-refractivity contribution in [3.63, 3.8) is 0 Å². The highest BCUT2D eigenvalue weighted by atomic mass is 16.7. The summed E-state index contributed by atoms with van der Waals surface area (Å²) in [5.41, 5.74) is 2.89. The molecule has 1 aromatic rings. The van der Waals surface area contributed by atoms with Crippen LogP contribution in [-0.2, 0) is 11.2 Å². The van der Waals surface area contributed by atoms with Crippen LogP contribution in [0.25, 0.3) is 0 Å². The van der Waals surface area contributed by atoms with Crippen LogP contribution in [0.15, 0.2) is 24.3 Å². The first-order valence-corrected chi connectivity index (χ1v) is 3.79. The van der Waals surface area contributed by atoms with Crippen LogP contribution in [0.1, 0.15) is 5.56 Å². The number of hydrogen-bond acceptors (Lipinski definition) is 3. The second kappa shape index (κ2) is 4.22. The summed E-state index contributed by atoms with van der Waals surface area (Å²) in [7, 11) is 0. The molecule has 0 aliphatic rings. The number of rotatable bonds is 4. The first-order valence-electron chi connectivity index (χ1n) is 3.79. The zero-order valence-corrected chi connectivity index (χ0v) is 7.14. The summed E-state index contributed by atoms with van der Waals surface area (Å²) < 4.78 is 0. The number of carboxylic acid groups (broad SMARTS) is 1. The fourth-order valence-corrected chi connectivity index (χ4v) is 0.977. The number of hydrazine groups is 1. The van der Waals surface area contributed by atoms with Crippen molar-refractivity contribution >= 4 is 11.7 Å². The van der Waals surface area contributed by atoms with Crippen molar-refractivity contribution in [1.29, 1.82) is 0 Å². The lowest BCUT2D eigenvalue weighted by molar-refractivity contribution is -0.445. The van der Waals surface area contributed by atoms with Gasteiger partial charge in [-0.15, -0.1) is 5.43 Å². The predicted octanol–water partition coefficient (Wildman–Crippen LogP) is 0.917. The van der Waals surface area contributed by atoms with Crippen LogP contribution in [0.3, 0.4) is 0 Å². The van der Waals surface area contributed by atoms with E-state index in [1.807, 2.05) is 5.43 Å². The van der Waals surface area contributed by atoms with Crippen LogP contribution in [0.4, 0.5) is 5.69 Å². The lowest BCUT2D eigenvalue weighted by Crippen LogP contribution is -2.07. The monoisotopic (exact) mass is 196 g/mol. The molecule has 0 spiro atoms. The Morgan fingerprint density at radius 3 is 2.43 bits per heavy atom. The van der Waals surface area contributed by atoms with Crippen LogP contribution in [-0.4, -0.2) is 16.1 Å². The average Bonchev–Trinajstić information content (AvgIpc) is 2.06. The second-order valence-corrected chi connectivity index (χ2v) is 2.64. The zero-order valence-electron chi connectivity index (χ0n) is 7.14. The number of nitro groups is 1. The topological polar surface area (TPSA) is 92.5 Å². The normalized spacial score (nSPS) is 9.43. The first-order chi connectivity index (χ1) is 6.58. The van der Waals surface area contributed by atoms with E-state index < -0.39 is 11.0 Å². The molecule has 0 unspecified atom stereocenters. The third-order valence-electron chi connectivity index (χ3n) is 1.53. The SMILES string of the molecule is O=C(O)Cc1ccc(N[N+](=O)[O-])cc1. The molecule has 74 valence electrons. The van der Waals surface area contributed by atoms with Gasteiger partial charge in [-0.05, 0) is 17.7 Å². The summed E-state index contributed by atoms with van der Waals surface area (Å²) in [4.78, 5) is 20.3. The summed E-state index contributed by atoms with van der Waals surface area (Å²) in [5.74, 6) is -0.931. The van der Waals surface area contributed by atoms with Crippen molar-refractivity contribution in [1.82, 2.24) is 0 Å². The molecule has 1 aromatic carbocycles. The minimum atomic E-state index is -0.931. The number of benzene rings is 1. The number of carbonyl (C=O) groups is 1. The van der Waals surface area contributed by atoms with E-state index in [1.165, 1.54) is 24.3 Å². The molecule has 0 bridgehead atoms. The molecule has 0 aliphatic heterocycles. The van der Waals surface area contributed by atoms with Crippen LogP contribution < -0.4 is 5.43 Å². The zero-order chi connectivity index (χ0) is 10.6. The number of carboxylic acids is 1. The molecule has 6 nitrogen and oxygen atoms in total. The summed E-state index contributed by atoms with van der Waals surface area (Å²) in [6.45, 7) is 0. The molecule has 0 saturated heterocycles. The molecule has 0 atom stereocenters. The fraction of sp³-hybridized carbons (Fsp3) is 0.125. The van der Waals surface area contributed by atoms with Gasteiger partial charge >= 0.3 is 5.97 Å². The van der Waals surface area contributed by atoms with Crippen molar-refractivity contribution in [2.45, 2.75) is 6.42 Å². The molecule has 0 aliphatic carbocycles. The van der Waals surface area contributed by atoms with E-state index >= 15 is 0 Å². The molecule has 2 N–H and O–H groups in total. The number of hydrogen-bond donors (Lipinski definition) is 2. The number of nitrogens with one attached hydrogen (secondary N) is 1. The average molecular weight is 196 g/mol. The van der Waals surface area contributed by atoms with Crippen LogP contribution in [0, 0.1) is 10.1 Å². The minimum Gasteiger partial charge on any atom is -0.481 e. The Labute approximate surface area is 79.3 Å². The van der Waals surface area contributed by atoms with E-state index in [9.17, 15) is 14.9 Å². The highest BCUT2D eigenvalue weighted by Crippen LogP contribution is 2.09. The van der Waals surface area contributed by atoms with Crippen molar-refractivity contribution in [2.24, 2.45) is 0 Å². The standard InChI is InChI=1S/C8H8N2O4/c11-8(12)5-6-1-3-7(4-2-6)9-10(13)14/h1-4,9H,5H2,(H,11,12). The van der Waals surface area contributed by atoms with E-state index in [2.05, 4.69) is 0 Å². The number of aliphatic carboxylic acids is 1. The molecule has 0 fully saturated rings. The molecular formula is C8H8N2O4. The van der Waals surface area contributed by atoms with Gasteiger partial charge in [0.15, 0.2) is 5.03 Å². The van der Waals surface area contributed by atoms with Gasteiger partial charge < -0.3 is 5.11 Å². The van der Waals surface area contributed by atoms with Crippen LogP contribution >= 0.6 is 0 Å². The number of nitrogens with zero attached hydrogens (tertiary/aromatic N) is 1. The highest BCUT2D eigenvalue weighted by Gasteiger charge is 2.02. The van der Waals surface area contributed by atoms with E-state index in [0.29, 0.717) is 11.3 Å². The van der Waals surface area contributed by atoms with Gasteiger partial charge in [-0.2, -0.15) is 0 Å². The largest absolute Gasteiger partial charge is 0.481 e. The van der Waals surface area contributed by atoms with E-state index in [-0.39, 0.29) is 6.42 Å². The van der Waals surface area contributed by atoms with Crippen molar-refractivity contribution in [3.05, 3.63) is 39.9 Å². The highest BCUT2D eigenvalue weighted by molar-refractivity contribution is 5.70. The minimum absolute atomic E-state index is 0.0846. The van der Waals surface area contributed by atoms with Gasteiger partial charge in [0.2, 0.25) is 0 Å². The van der Waals surface area contributed by atoms with Gasteiger partial charge in [-0.3, -0.25) is 4.79 Å². The quantitative estimate of drug-likeness (QED) is 0.551. The Morgan fingerprint density at radius 2 is 2.00 bits per heavy atom. The van der Waals surface area contributed by atoms with E-state index in [4.69, 9.17) is 5.11 Å². The van der Waals surface area contributed by atoms with Gasteiger partial charge in [0.1, 0.15) is 5.69 Å². The third kappa shape index (κ3) is 3.10. The van der Waals surface area contributed by atoms with Crippen LogP contribution in [0.2, 0.25) is 0 Å². The molecule has 0 radical (unpaired) electrons. The summed E-state index contributed by atoms with van der Waals surface area (Å²) >= 11 is 0. The molecule has 0 heterocycles. The third-order valence-corrected chi connectivity index (χ3v) is 1.53. The molecule has 0 amide bonds. The van der Waals surface area contributed by atoms with Crippen LogP contribution in [0.5, 0.6) is 0 Å². The number of anilines is 1. The Hall–Kier alpha value is -2.11. The van der Waals surface area contributed by atoms with Gasteiger partial charge in [0.05, 0.1) is 6.42 Å². The molecule has 1 rings (SSSR count). The Morgan fingerprint density at radius 1 is 1.43 bits per heavy atom. The molecular weight excluding hydrogens is 188 g/mol. The van der Waals surface area contributed by atoms with Crippen molar-refractivity contribution in [2.75, 3.05) is 5.43 Å². The Bertz CT molecular complexity index is 312. The molecule has 6 heteroatoms. The fourth-order valence-electron chi connectivity index (χ4n) is 0.977. The Kier molecular flexibility index (Phi) is 3.01. The van der Waals surface area contributed by atoms with Gasteiger partial charge in [-0.1, -0.05) is 12.1 Å². The maximum absolute atomic E-state index is 10.3. The summed E-state index contributed by atoms with van der Waals surface area (Å²) in [5, 5.41) is 17.8. The lowest BCUT2D eigenvalue weighted by Gasteiger charge is -1.99.